The summed E-state index contributed by atoms with van der Waals surface area (Å²) in [6, 6.07) is 10.5. The molecule has 0 aliphatic rings. The van der Waals surface area contributed by atoms with Crippen LogP contribution in [0, 0.1) is 6.92 Å². The number of nitrogens with zero attached hydrogens (tertiary/aromatic N) is 2. The second-order valence-corrected chi connectivity index (χ2v) is 5.23. The molecule has 24 heavy (non-hydrogen) atoms. The second-order valence-electron chi connectivity index (χ2n) is 4.83. The Bertz CT molecular complexity index is 977. The highest BCUT2D eigenvalue weighted by atomic mass is 35.5. The molecule has 7 nitrogen and oxygen atoms in total. The highest BCUT2D eigenvalue weighted by molar-refractivity contribution is 6.32. The van der Waals surface area contributed by atoms with Crippen molar-refractivity contribution in [1.82, 2.24) is 9.55 Å². The number of benzene rings is 2. The Hall–Kier alpha value is -3.06. The Morgan fingerprint density at radius 2 is 1.88 bits per heavy atom. The molecule has 0 amide bonds. The zero-order valence-electron chi connectivity index (χ0n) is 12.4. The van der Waals surface area contributed by atoms with Crippen molar-refractivity contribution in [2.24, 2.45) is 0 Å². The minimum absolute atomic E-state index is 0.0142. The largest absolute Gasteiger partial charge is 0.508 e. The quantitative estimate of drug-likeness (QED) is 0.783. The van der Waals surface area contributed by atoms with E-state index in [1.165, 1.54) is 37.3 Å². The van der Waals surface area contributed by atoms with Crippen LogP contribution >= 0.6 is 11.6 Å². The van der Waals surface area contributed by atoms with Gasteiger partial charge in [0.25, 0.3) is 0 Å². The maximum atomic E-state index is 11.9. The summed E-state index contributed by atoms with van der Waals surface area (Å²) < 4.78 is 11.2. The molecule has 0 atom stereocenters. The molecule has 0 aliphatic heterocycles. The van der Waals surface area contributed by atoms with Gasteiger partial charge in [0.05, 0.1) is 10.7 Å². The minimum atomic E-state index is -0.851. The molecule has 1 N–H and O–H groups in total. The Balaban J connectivity index is 1.97. The number of phenols is 1. The maximum Gasteiger partial charge on any atom is 0.429 e. The average molecular weight is 347 g/mol. The van der Waals surface area contributed by atoms with E-state index in [-0.39, 0.29) is 22.4 Å². The van der Waals surface area contributed by atoms with E-state index in [9.17, 15) is 14.7 Å². The van der Waals surface area contributed by atoms with Crippen LogP contribution in [-0.2, 0) is 0 Å². The van der Waals surface area contributed by atoms with Crippen LogP contribution in [0.5, 0.6) is 17.2 Å². The lowest BCUT2D eigenvalue weighted by Crippen LogP contribution is -2.33. The Kier molecular flexibility index (Phi) is 4.09. The molecular weight excluding hydrogens is 336 g/mol. The van der Waals surface area contributed by atoms with Gasteiger partial charge >= 0.3 is 11.4 Å². The van der Waals surface area contributed by atoms with Gasteiger partial charge in [-0.25, -0.2) is 9.59 Å². The number of hydrogen-bond donors (Lipinski definition) is 1. The van der Waals surface area contributed by atoms with Gasteiger partial charge in [-0.3, -0.25) is 0 Å². The molecule has 122 valence electrons. The van der Waals surface area contributed by atoms with Crippen molar-refractivity contribution in [3.05, 3.63) is 74.4 Å². The van der Waals surface area contributed by atoms with Crippen molar-refractivity contribution in [2.75, 3.05) is 0 Å². The van der Waals surface area contributed by atoms with Gasteiger partial charge in [-0.05, 0) is 42.5 Å². The fourth-order valence-corrected chi connectivity index (χ4v) is 2.24. The molecular formula is C16H11ClN2O5. The van der Waals surface area contributed by atoms with Gasteiger partial charge in [0.1, 0.15) is 17.2 Å². The first-order valence-electron chi connectivity index (χ1n) is 6.81. The van der Waals surface area contributed by atoms with E-state index in [1.807, 2.05) is 0 Å². The van der Waals surface area contributed by atoms with Crippen molar-refractivity contribution in [1.29, 1.82) is 0 Å². The van der Waals surface area contributed by atoms with E-state index < -0.39 is 11.4 Å². The summed E-state index contributed by atoms with van der Waals surface area (Å²) in [6.45, 7) is 1.41. The van der Waals surface area contributed by atoms with Gasteiger partial charge in [0.15, 0.2) is 0 Å². The molecule has 0 spiro atoms. The van der Waals surface area contributed by atoms with Crippen molar-refractivity contribution in [3.63, 3.8) is 0 Å². The molecule has 2 aromatic carbocycles. The van der Waals surface area contributed by atoms with Crippen LogP contribution in [0.1, 0.15) is 5.89 Å². The number of rotatable bonds is 3. The van der Waals surface area contributed by atoms with Crippen LogP contribution in [0.4, 0.5) is 0 Å². The number of ether oxygens (including phenoxy) is 1. The summed E-state index contributed by atoms with van der Waals surface area (Å²) in [5.41, 5.74) is -0.545. The van der Waals surface area contributed by atoms with Crippen LogP contribution < -0.4 is 16.2 Å². The lowest BCUT2D eigenvalue weighted by molar-refractivity contribution is 0.404. The van der Waals surface area contributed by atoms with Gasteiger partial charge < -0.3 is 14.3 Å². The molecule has 1 aromatic heterocycles. The first-order valence-corrected chi connectivity index (χ1v) is 7.19. The van der Waals surface area contributed by atoms with Crippen LogP contribution in [0.3, 0.4) is 0 Å². The summed E-state index contributed by atoms with van der Waals surface area (Å²) in [4.78, 5) is 27.3. The van der Waals surface area contributed by atoms with E-state index in [2.05, 4.69) is 4.98 Å². The molecule has 0 bridgehead atoms. The van der Waals surface area contributed by atoms with Crippen molar-refractivity contribution in [2.45, 2.75) is 6.92 Å². The smallest absolute Gasteiger partial charge is 0.429 e. The molecule has 1 heterocycles. The Morgan fingerprint density at radius 3 is 2.50 bits per heavy atom. The molecule has 0 unspecified atom stereocenters. The van der Waals surface area contributed by atoms with Crippen LogP contribution in [0.2, 0.25) is 5.02 Å². The number of aromatic hydroxyl groups is 1. The summed E-state index contributed by atoms with van der Waals surface area (Å²) in [6.07, 6.45) is 0. The van der Waals surface area contributed by atoms with E-state index in [0.29, 0.717) is 11.5 Å². The number of halogens is 1. The first kappa shape index (κ1) is 15.8. The van der Waals surface area contributed by atoms with E-state index in [0.717, 1.165) is 4.57 Å². The molecule has 3 aromatic rings. The molecule has 0 aliphatic carbocycles. The minimum Gasteiger partial charge on any atom is -0.508 e. The average Bonchev–Trinajstić information content (AvgIpc) is 2.51. The first-order chi connectivity index (χ1) is 11.4. The lowest BCUT2D eigenvalue weighted by atomic mass is 10.3. The number of aryl methyl sites for hydroxylation is 1. The number of aromatic nitrogens is 2. The summed E-state index contributed by atoms with van der Waals surface area (Å²) >= 11 is 6.15. The van der Waals surface area contributed by atoms with E-state index in [1.54, 1.807) is 12.1 Å². The van der Waals surface area contributed by atoms with Gasteiger partial charge in [-0.1, -0.05) is 11.6 Å². The Morgan fingerprint density at radius 1 is 1.17 bits per heavy atom. The topological polar surface area (TPSA) is 94.6 Å². The highest BCUT2D eigenvalue weighted by Gasteiger charge is 2.11. The van der Waals surface area contributed by atoms with Gasteiger partial charge in [-0.15, -0.1) is 0 Å². The van der Waals surface area contributed by atoms with Gasteiger partial charge in [0.2, 0.25) is 5.89 Å². The third kappa shape index (κ3) is 3.16. The van der Waals surface area contributed by atoms with E-state index >= 15 is 0 Å². The molecule has 8 heteroatoms. The summed E-state index contributed by atoms with van der Waals surface area (Å²) in [7, 11) is 0. The lowest BCUT2D eigenvalue weighted by Gasteiger charge is -2.09. The third-order valence-corrected chi connectivity index (χ3v) is 3.40. The fraction of sp³-hybridized carbons (Fsp3) is 0.0625. The second kappa shape index (κ2) is 6.21. The van der Waals surface area contributed by atoms with Crippen molar-refractivity contribution < 1.29 is 14.3 Å². The highest BCUT2D eigenvalue weighted by Crippen LogP contribution is 2.31. The van der Waals surface area contributed by atoms with Crippen LogP contribution in [-0.4, -0.2) is 14.7 Å². The van der Waals surface area contributed by atoms with Crippen molar-refractivity contribution >= 4 is 11.6 Å². The van der Waals surface area contributed by atoms with Crippen molar-refractivity contribution in [3.8, 4) is 22.9 Å². The molecule has 3 rings (SSSR count). The van der Waals surface area contributed by atoms with Gasteiger partial charge in [0, 0.05) is 6.92 Å². The summed E-state index contributed by atoms with van der Waals surface area (Å²) in [5.74, 6) is 0.0388. The molecule has 0 saturated carbocycles. The predicted molar refractivity (Wildman–Crippen MR) is 86.3 cm³/mol. The van der Waals surface area contributed by atoms with Crippen LogP contribution in [0.15, 0.2) is 56.5 Å². The maximum absolute atomic E-state index is 11.9. The Labute approximate surface area is 140 Å². The molecule has 0 radical (unpaired) electrons. The monoisotopic (exact) mass is 346 g/mol. The van der Waals surface area contributed by atoms with E-state index in [4.69, 9.17) is 20.8 Å². The summed E-state index contributed by atoms with van der Waals surface area (Å²) in [5, 5.41) is 9.44. The number of hydrogen-bond acceptors (Lipinski definition) is 6. The SMILES string of the molecule is Cc1nc(=O)n(-c2ccc(Oc3ccc(O)cc3)c(Cl)c2)c(=O)o1. The number of phenolic OH excluding ortho intramolecular Hbond substituents is 1. The fourth-order valence-electron chi connectivity index (χ4n) is 2.03. The third-order valence-electron chi connectivity index (χ3n) is 3.10. The molecule has 0 saturated heterocycles. The zero-order chi connectivity index (χ0) is 17.3. The standard InChI is InChI=1S/C16H11ClN2O5/c1-9-18-15(21)19(16(22)23-9)10-2-7-14(13(17)8-10)24-12-5-3-11(20)4-6-12/h2-8,20H,1H3. The zero-order valence-corrected chi connectivity index (χ0v) is 13.1. The van der Waals surface area contributed by atoms with Crippen LogP contribution in [0.25, 0.3) is 5.69 Å². The predicted octanol–water partition coefficient (Wildman–Crippen LogP) is 2.65. The normalized spacial score (nSPS) is 10.6. The van der Waals surface area contributed by atoms with Gasteiger partial charge in [-0.2, -0.15) is 9.55 Å². The molecule has 0 fully saturated rings.